The number of carbonyl (C=O) groups is 1. The summed E-state index contributed by atoms with van der Waals surface area (Å²) in [5.41, 5.74) is 2.61. The number of hydrogen-bond acceptors (Lipinski definition) is 4. The smallest absolute Gasteiger partial charge is 0.224 e. The lowest BCUT2D eigenvalue weighted by atomic mass is 9.99. The first kappa shape index (κ1) is 19.3. The molecule has 2 rings (SSSR count). The van der Waals surface area contributed by atoms with E-state index in [1.807, 2.05) is 12.1 Å². The zero-order chi connectivity index (χ0) is 17.6. The fraction of sp³-hybridized carbons (Fsp3) is 0.588. The van der Waals surface area contributed by atoms with E-state index >= 15 is 0 Å². The Morgan fingerprint density at radius 1 is 1.38 bits per heavy atom. The van der Waals surface area contributed by atoms with Gasteiger partial charge in [-0.1, -0.05) is 24.3 Å². The van der Waals surface area contributed by atoms with Gasteiger partial charge < -0.3 is 5.32 Å². The highest BCUT2D eigenvalue weighted by Gasteiger charge is 2.29. The number of rotatable bonds is 7. The van der Waals surface area contributed by atoms with Crippen LogP contribution in [0.3, 0.4) is 0 Å². The number of piperidine rings is 1. The maximum Gasteiger partial charge on any atom is 0.224 e. The Kier molecular flexibility index (Phi) is 7.13. The number of hydrogen-bond donors (Lipinski definition) is 1. The number of amides is 1. The molecule has 1 saturated heterocycles. The van der Waals surface area contributed by atoms with E-state index in [4.69, 9.17) is 0 Å². The zero-order valence-corrected chi connectivity index (χ0v) is 16.0. The van der Waals surface area contributed by atoms with E-state index < -0.39 is 10.0 Å². The third-order valence-corrected chi connectivity index (χ3v) is 6.57. The van der Waals surface area contributed by atoms with Crippen molar-refractivity contribution in [2.24, 2.45) is 5.92 Å². The van der Waals surface area contributed by atoms with Crippen molar-refractivity contribution >= 4 is 27.7 Å². The van der Waals surface area contributed by atoms with Gasteiger partial charge >= 0.3 is 0 Å². The van der Waals surface area contributed by atoms with E-state index in [1.165, 1.54) is 21.7 Å². The van der Waals surface area contributed by atoms with Gasteiger partial charge in [0.05, 0.1) is 12.2 Å². The summed E-state index contributed by atoms with van der Waals surface area (Å²) < 4.78 is 24.6. The van der Waals surface area contributed by atoms with Crippen LogP contribution in [0.1, 0.15) is 24.0 Å². The third-order valence-electron chi connectivity index (χ3n) is 4.29. The fourth-order valence-corrected chi connectivity index (χ4v) is 4.65. The summed E-state index contributed by atoms with van der Waals surface area (Å²) >= 11 is 1.79. The van der Waals surface area contributed by atoms with Crippen LogP contribution >= 0.6 is 11.8 Å². The van der Waals surface area contributed by atoms with Crippen LogP contribution in [0.2, 0.25) is 0 Å². The van der Waals surface area contributed by atoms with Gasteiger partial charge in [0.25, 0.3) is 0 Å². The Morgan fingerprint density at radius 2 is 2.12 bits per heavy atom. The summed E-state index contributed by atoms with van der Waals surface area (Å²) in [5.74, 6) is 1.53. The molecule has 0 bridgehead atoms. The molecule has 5 nitrogen and oxygen atoms in total. The Balaban J connectivity index is 1.69. The molecule has 1 aromatic rings. The SMILES string of the molecule is Cc1ccccc1CSCCNC(=O)[C@@H]1CCCN(S(C)(=O)=O)C1. The summed E-state index contributed by atoms with van der Waals surface area (Å²) in [5, 5.41) is 2.94. The molecule has 0 saturated carbocycles. The van der Waals surface area contributed by atoms with Crippen molar-refractivity contribution in [2.75, 3.05) is 31.6 Å². The molecule has 0 unspecified atom stereocenters. The lowest BCUT2D eigenvalue weighted by molar-refractivity contribution is -0.125. The van der Waals surface area contributed by atoms with E-state index in [-0.39, 0.29) is 11.8 Å². The zero-order valence-electron chi connectivity index (χ0n) is 14.3. The van der Waals surface area contributed by atoms with Gasteiger partial charge in [0, 0.05) is 31.1 Å². The largest absolute Gasteiger partial charge is 0.355 e. The molecule has 0 aromatic heterocycles. The lowest BCUT2D eigenvalue weighted by Crippen LogP contribution is -2.45. The Labute approximate surface area is 149 Å². The normalized spacial score (nSPS) is 19.2. The summed E-state index contributed by atoms with van der Waals surface area (Å²) in [6.45, 7) is 3.55. The summed E-state index contributed by atoms with van der Waals surface area (Å²) in [4.78, 5) is 12.2. The van der Waals surface area contributed by atoms with Crippen molar-refractivity contribution < 1.29 is 13.2 Å². The highest BCUT2D eigenvalue weighted by atomic mass is 32.2. The number of thioether (sulfide) groups is 1. The standard InChI is InChI=1S/C17H26N2O3S2/c1-14-6-3-4-7-16(14)13-23-11-9-18-17(20)15-8-5-10-19(12-15)24(2,21)22/h3-4,6-7,15H,5,8-13H2,1-2H3,(H,18,20)/t15-/m1/s1. The topological polar surface area (TPSA) is 66.5 Å². The molecule has 134 valence electrons. The second-order valence-electron chi connectivity index (χ2n) is 6.23. The van der Waals surface area contributed by atoms with E-state index in [2.05, 4.69) is 24.4 Å². The van der Waals surface area contributed by atoms with Gasteiger partial charge in [0.2, 0.25) is 15.9 Å². The van der Waals surface area contributed by atoms with Gasteiger partial charge in [0.15, 0.2) is 0 Å². The minimum absolute atomic E-state index is 0.0279. The molecule has 1 N–H and O–H groups in total. The van der Waals surface area contributed by atoms with Crippen LogP contribution < -0.4 is 5.32 Å². The molecule has 1 aliphatic heterocycles. The molecule has 1 heterocycles. The molecule has 1 amide bonds. The number of sulfonamides is 1. The molecule has 1 atom stereocenters. The maximum absolute atomic E-state index is 12.2. The first-order valence-corrected chi connectivity index (χ1v) is 11.2. The molecular weight excluding hydrogens is 344 g/mol. The maximum atomic E-state index is 12.2. The van der Waals surface area contributed by atoms with Gasteiger partial charge in [-0.15, -0.1) is 0 Å². The Bertz CT molecular complexity index is 662. The summed E-state index contributed by atoms with van der Waals surface area (Å²) in [6, 6.07) is 8.31. The second-order valence-corrected chi connectivity index (χ2v) is 9.32. The van der Waals surface area contributed by atoms with Crippen molar-refractivity contribution in [3.8, 4) is 0 Å². The monoisotopic (exact) mass is 370 g/mol. The van der Waals surface area contributed by atoms with Crippen molar-refractivity contribution in [3.63, 3.8) is 0 Å². The van der Waals surface area contributed by atoms with Crippen LogP contribution in [0.25, 0.3) is 0 Å². The quantitative estimate of drug-likeness (QED) is 0.746. The highest BCUT2D eigenvalue weighted by Crippen LogP contribution is 2.19. The highest BCUT2D eigenvalue weighted by molar-refractivity contribution is 7.98. The first-order chi connectivity index (χ1) is 11.4. The van der Waals surface area contributed by atoms with Crippen LogP contribution in [0.5, 0.6) is 0 Å². The molecule has 24 heavy (non-hydrogen) atoms. The van der Waals surface area contributed by atoms with E-state index in [9.17, 15) is 13.2 Å². The minimum atomic E-state index is -3.21. The predicted molar refractivity (Wildman–Crippen MR) is 99.5 cm³/mol. The number of nitrogens with zero attached hydrogens (tertiary/aromatic N) is 1. The predicted octanol–water partition coefficient (Wildman–Crippen LogP) is 2.02. The van der Waals surface area contributed by atoms with Crippen LogP contribution in [-0.4, -0.2) is 50.3 Å². The van der Waals surface area contributed by atoms with E-state index in [0.717, 1.165) is 24.3 Å². The fourth-order valence-electron chi connectivity index (χ4n) is 2.80. The van der Waals surface area contributed by atoms with E-state index in [0.29, 0.717) is 19.6 Å². The van der Waals surface area contributed by atoms with Gasteiger partial charge in [-0.05, 0) is 30.9 Å². The van der Waals surface area contributed by atoms with Crippen LogP contribution in [-0.2, 0) is 20.6 Å². The molecule has 0 radical (unpaired) electrons. The van der Waals surface area contributed by atoms with Gasteiger partial charge in [-0.3, -0.25) is 4.79 Å². The minimum Gasteiger partial charge on any atom is -0.355 e. The van der Waals surface area contributed by atoms with Crippen LogP contribution in [0, 0.1) is 12.8 Å². The van der Waals surface area contributed by atoms with Crippen molar-refractivity contribution in [1.82, 2.24) is 9.62 Å². The summed E-state index contributed by atoms with van der Waals surface area (Å²) in [6.07, 6.45) is 2.71. The van der Waals surface area contributed by atoms with E-state index in [1.54, 1.807) is 11.8 Å². The average molecular weight is 371 g/mol. The van der Waals surface area contributed by atoms with Gasteiger partial charge in [-0.25, -0.2) is 12.7 Å². The second kappa shape index (κ2) is 8.87. The number of benzene rings is 1. The number of aryl methyl sites for hydroxylation is 1. The average Bonchev–Trinajstić information content (AvgIpc) is 2.55. The van der Waals surface area contributed by atoms with Crippen LogP contribution in [0.15, 0.2) is 24.3 Å². The third kappa shape index (κ3) is 5.79. The van der Waals surface area contributed by atoms with Gasteiger partial charge in [0.1, 0.15) is 0 Å². The molecular formula is C17H26N2O3S2. The Morgan fingerprint density at radius 3 is 2.83 bits per heavy atom. The number of nitrogens with one attached hydrogen (secondary N) is 1. The lowest BCUT2D eigenvalue weighted by Gasteiger charge is -2.30. The Hall–Kier alpha value is -1.05. The number of carbonyl (C=O) groups excluding carboxylic acids is 1. The van der Waals surface area contributed by atoms with Crippen molar-refractivity contribution in [2.45, 2.75) is 25.5 Å². The summed E-state index contributed by atoms with van der Waals surface area (Å²) in [7, 11) is -3.21. The molecule has 0 aliphatic carbocycles. The molecule has 0 spiro atoms. The molecule has 7 heteroatoms. The first-order valence-electron chi connectivity index (χ1n) is 8.23. The molecule has 1 aromatic carbocycles. The van der Waals surface area contributed by atoms with Crippen molar-refractivity contribution in [3.05, 3.63) is 35.4 Å². The van der Waals surface area contributed by atoms with Gasteiger partial charge in [-0.2, -0.15) is 11.8 Å². The van der Waals surface area contributed by atoms with Crippen molar-refractivity contribution in [1.29, 1.82) is 0 Å². The molecule has 1 fully saturated rings. The molecule has 1 aliphatic rings. The van der Waals surface area contributed by atoms with Crippen LogP contribution in [0.4, 0.5) is 0 Å².